The van der Waals surface area contributed by atoms with Crippen molar-refractivity contribution in [3.05, 3.63) is 53.9 Å². The van der Waals surface area contributed by atoms with Gasteiger partial charge < -0.3 is 5.32 Å². The van der Waals surface area contributed by atoms with Crippen LogP contribution in [0, 0.1) is 0 Å². The van der Waals surface area contributed by atoms with Crippen LogP contribution >= 0.6 is 0 Å². The van der Waals surface area contributed by atoms with Crippen LogP contribution < -0.4 is 5.32 Å². The van der Waals surface area contributed by atoms with Crippen LogP contribution in [0.15, 0.2) is 36.8 Å². The van der Waals surface area contributed by atoms with Crippen molar-refractivity contribution in [1.29, 1.82) is 0 Å². The van der Waals surface area contributed by atoms with E-state index in [1.165, 1.54) is 5.56 Å². The fourth-order valence-electron chi connectivity index (χ4n) is 1.99. The van der Waals surface area contributed by atoms with Crippen LogP contribution in [0.5, 0.6) is 0 Å². The molecular weight excluding hydrogens is 236 g/mol. The van der Waals surface area contributed by atoms with Crippen LogP contribution in [0.4, 0.5) is 0 Å². The molecule has 0 spiro atoms. The van der Waals surface area contributed by atoms with Gasteiger partial charge in [-0.15, -0.1) is 0 Å². The molecule has 2 rings (SSSR count). The molecule has 1 N–H and O–H groups in total. The Morgan fingerprint density at radius 1 is 1.11 bits per heavy atom. The average molecular weight is 256 g/mol. The van der Waals surface area contributed by atoms with E-state index in [1.54, 1.807) is 12.4 Å². The largest absolute Gasteiger partial charge is 0.307 e. The van der Waals surface area contributed by atoms with Crippen LogP contribution in [0.25, 0.3) is 0 Å². The molecule has 0 aliphatic heterocycles. The van der Waals surface area contributed by atoms with E-state index < -0.39 is 0 Å². The van der Waals surface area contributed by atoms with Gasteiger partial charge in [0, 0.05) is 30.7 Å². The predicted octanol–water partition coefficient (Wildman–Crippen LogP) is 2.33. The molecule has 0 radical (unpaired) electrons. The van der Waals surface area contributed by atoms with E-state index in [1.807, 2.05) is 12.3 Å². The fourth-order valence-corrected chi connectivity index (χ4v) is 1.99. The van der Waals surface area contributed by atoms with Crippen LogP contribution in [0.2, 0.25) is 0 Å². The summed E-state index contributed by atoms with van der Waals surface area (Å²) in [5.74, 6) is 0.825. The van der Waals surface area contributed by atoms with Gasteiger partial charge in [0.05, 0.1) is 6.04 Å². The normalized spacial score (nSPS) is 12.3. The van der Waals surface area contributed by atoms with Crippen LogP contribution in [-0.2, 0) is 12.8 Å². The lowest BCUT2D eigenvalue weighted by Gasteiger charge is -2.15. The minimum Gasteiger partial charge on any atom is -0.307 e. The zero-order valence-electron chi connectivity index (χ0n) is 11.5. The highest BCUT2D eigenvalue weighted by molar-refractivity contribution is 5.15. The second-order valence-corrected chi connectivity index (χ2v) is 4.43. The molecule has 2 aromatic heterocycles. The number of pyridine rings is 1. The zero-order valence-corrected chi connectivity index (χ0v) is 11.5. The van der Waals surface area contributed by atoms with Gasteiger partial charge in [0.1, 0.15) is 5.82 Å². The minimum absolute atomic E-state index is 0.117. The van der Waals surface area contributed by atoms with Gasteiger partial charge in [0.15, 0.2) is 0 Å². The first kappa shape index (κ1) is 13.6. The number of aromatic nitrogens is 3. The Morgan fingerprint density at radius 2 is 1.89 bits per heavy atom. The highest BCUT2D eigenvalue weighted by Gasteiger charge is 2.14. The van der Waals surface area contributed by atoms with E-state index in [9.17, 15) is 0 Å². The van der Waals surface area contributed by atoms with E-state index in [0.717, 1.165) is 30.9 Å². The van der Waals surface area contributed by atoms with Crippen molar-refractivity contribution in [2.75, 3.05) is 6.54 Å². The number of rotatable bonds is 6. The zero-order chi connectivity index (χ0) is 13.5. The number of likely N-dealkylation sites (N-methyl/N-ethyl adjacent to an activating group) is 1. The maximum Gasteiger partial charge on any atom is 0.145 e. The van der Waals surface area contributed by atoms with Gasteiger partial charge in [-0.3, -0.25) is 4.98 Å². The molecule has 0 bridgehead atoms. The first-order valence-electron chi connectivity index (χ1n) is 6.77. The molecule has 2 aromatic rings. The Balaban J connectivity index is 2.11. The van der Waals surface area contributed by atoms with Gasteiger partial charge in [-0.25, -0.2) is 9.97 Å². The van der Waals surface area contributed by atoms with Crippen molar-refractivity contribution in [2.45, 2.75) is 32.7 Å². The Morgan fingerprint density at radius 3 is 2.47 bits per heavy atom. The molecule has 0 saturated heterocycles. The summed E-state index contributed by atoms with van der Waals surface area (Å²) >= 11 is 0. The number of nitrogens with zero attached hydrogens (tertiary/aromatic N) is 3. The summed E-state index contributed by atoms with van der Waals surface area (Å²) in [6.07, 6.45) is 7.33. The molecule has 100 valence electrons. The van der Waals surface area contributed by atoms with Crippen LogP contribution in [-0.4, -0.2) is 21.5 Å². The summed E-state index contributed by atoms with van der Waals surface area (Å²) in [5, 5.41) is 3.41. The summed E-state index contributed by atoms with van der Waals surface area (Å²) < 4.78 is 0. The van der Waals surface area contributed by atoms with E-state index >= 15 is 0 Å². The average Bonchev–Trinajstić information content (AvgIpc) is 2.48. The standard InChI is InChI=1S/C15H20N4/c1-3-12-6-7-13(19-11-12)10-14(16-4-2)15-17-8-5-9-18-15/h5-9,11,14,16H,3-4,10H2,1-2H3. The molecule has 0 aliphatic rings. The SMILES string of the molecule is CCNC(Cc1ccc(CC)cn1)c1ncccn1. The Hall–Kier alpha value is -1.81. The quantitative estimate of drug-likeness (QED) is 0.861. The molecule has 19 heavy (non-hydrogen) atoms. The van der Waals surface area contributed by atoms with Gasteiger partial charge in [0.2, 0.25) is 0 Å². The third kappa shape index (κ3) is 3.83. The van der Waals surface area contributed by atoms with Crippen molar-refractivity contribution >= 4 is 0 Å². The molecule has 2 heterocycles. The van der Waals surface area contributed by atoms with E-state index in [2.05, 4.69) is 46.2 Å². The molecule has 0 amide bonds. The second kappa shape index (κ2) is 6.95. The Kier molecular flexibility index (Phi) is 4.98. The molecule has 0 aliphatic carbocycles. The van der Waals surface area contributed by atoms with E-state index in [4.69, 9.17) is 0 Å². The topological polar surface area (TPSA) is 50.7 Å². The molecule has 1 atom stereocenters. The second-order valence-electron chi connectivity index (χ2n) is 4.43. The summed E-state index contributed by atoms with van der Waals surface area (Å²) in [6, 6.07) is 6.18. The van der Waals surface area contributed by atoms with Crippen LogP contribution in [0.1, 0.15) is 37.0 Å². The number of aryl methyl sites for hydroxylation is 1. The van der Waals surface area contributed by atoms with Crippen molar-refractivity contribution < 1.29 is 0 Å². The lowest BCUT2D eigenvalue weighted by molar-refractivity contribution is 0.516. The Labute approximate surface area is 114 Å². The summed E-state index contributed by atoms with van der Waals surface area (Å²) in [6.45, 7) is 5.11. The maximum atomic E-state index is 4.50. The van der Waals surface area contributed by atoms with Crippen molar-refractivity contribution in [3.63, 3.8) is 0 Å². The molecule has 0 saturated carbocycles. The first-order valence-corrected chi connectivity index (χ1v) is 6.77. The first-order chi connectivity index (χ1) is 9.33. The smallest absolute Gasteiger partial charge is 0.145 e. The number of nitrogens with one attached hydrogen (secondary N) is 1. The maximum absolute atomic E-state index is 4.50. The van der Waals surface area contributed by atoms with Gasteiger partial charge in [-0.1, -0.05) is 19.9 Å². The lowest BCUT2D eigenvalue weighted by Crippen LogP contribution is -2.25. The van der Waals surface area contributed by atoms with Crippen molar-refractivity contribution in [1.82, 2.24) is 20.3 Å². The monoisotopic (exact) mass is 256 g/mol. The fraction of sp³-hybridized carbons (Fsp3) is 0.400. The number of hydrogen-bond acceptors (Lipinski definition) is 4. The van der Waals surface area contributed by atoms with Gasteiger partial charge >= 0.3 is 0 Å². The highest BCUT2D eigenvalue weighted by atomic mass is 15.0. The van der Waals surface area contributed by atoms with Crippen molar-refractivity contribution in [3.8, 4) is 0 Å². The van der Waals surface area contributed by atoms with E-state index in [-0.39, 0.29) is 6.04 Å². The minimum atomic E-state index is 0.117. The van der Waals surface area contributed by atoms with Crippen LogP contribution in [0.3, 0.4) is 0 Å². The van der Waals surface area contributed by atoms with Crippen molar-refractivity contribution in [2.24, 2.45) is 0 Å². The molecule has 1 unspecified atom stereocenters. The molecule has 4 heteroatoms. The van der Waals surface area contributed by atoms with E-state index in [0.29, 0.717) is 0 Å². The number of hydrogen-bond donors (Lipinski definition) is 1. The predicted molar refractivity (Wildman–Crippen MR) is 75.8 cm³/mol. The molecule has 0 aromatic carbocycles. The van der Waals surface area contributed by atoms with Gasteiger partial charge in [0.25, 0.3) is 0 Å². The third-order valence-corrected chi connectivity index (χ3v) is 3.06. The molecule has 4 nitrogen and oxygen atoms in total. The lowest BCUT2D eigenvalue weighted by atomic mass is 10.1. The van der Waals surface area contributed by atoms with Gasteiger partial charge in [-0.2, -0.15) is 0 Å². The third-order valence-electron chi connectivity index (χ3n) is 3.06. The Bertz CT molecular complexity index is 481. The summed E-state index contributed by atoms with van der Waals surface area (Å²) in [4.78, 5) is 13.2. The van der Waals surface area contributed by atoms with Gasteiger partial charge in [-0.05, 0) is 30.7 Å². The summed E-state index contributed by atoms with van der Waals surface area (Å²) in [7, 11) is 0. The molecule has 0 fully saturated rings. The summed E-state index contributed by atoms with van der Waals surface area (Å²) in [5.41, 5.74) is 2.33. The molecular formula is C15H20N4. The highest BCUT2D eigenvalue weighted by Crippen LogP contribution is 2.13.